The third kappa shape index (κ3) is 4.08. The Kier molecular flexibility index (Phi) is 5.29. The second-order valence-electron chi connectivity index (χ2n) is 6.99. The van der Waals surface area contributed by atoms with E-state index >= 15 is 0 Å². The van der Waals surface area contributed by atoms with E-state index in [9.17, 15) is 8.42 Å². The average Bonchev–Trinajstić information content (AvgIpc) is 3.24. The van der Waals surface area contributed by atoms with Crippen molar-refractivity contribution in [3.8, 4) is 5.75 Å². The summed E-state index contributed by atoms with van der Waals surface area (Å²) in [4.78, 5) is 0.383. The number of fused-ring (bicyclic) bond motifs is 1. The molecule has 2 heterocycles. The molecular formula is C21H24N2O3S. The van der Waals surface area contributed by atoms with Gasteiger partial charge in [0, 0.05) is 31.7 Å². The molecule has 6 heteroatoms. The van der Waals surface area contributed by atoms with Crippen LogP contribution < -0.4 is 10.1 Å². The van der Waals surface area contributed by atoms with Crippen LogP contribution in [-0.4, -0.2) is 39.0 Å². The lowest BCUT2D eigenvalue weighted by molar-refractivity contribution is 0.343. The number of hydrogen-bond donors (Lipinski definition) is 1. The number of nitrogens with zero attached hydrogens (tertiary/aromatic N) is 1. The first-order valence-electron chi connectivity index (χ1n) is 9.34. The summed E-state index contributed by atoms with van der Waals surface area (Å²) in [6, 6.07) is 15.2. The molecule has 27 heavy (non-hydrogen) atoms. The van der Waals surface area contributed by atoms with Crippen molar-refractivity contribution in [1.29, 1.82) is 0 Å². The van der Waals surface area contributed by atoms with Gasteiger partial charge in [-0.25, -0.2) is 8.42 Å². The predicted octanol–water partition coefficient (Wildman–Crippen LogP) is 3.04. The molecule has 0 bridgehead atoms. The van der Waals surface area contributed by atoms with Crippen LogP contribution in [0.5, 0.6) is 5.75 Å². The van der Waals surface area contributed by atoms with Crippen molar-refractivity contribution in [1.82, 2.24) is 9.62 Å². The van der Waals surface area contributed by atoms with Gasteiger partial charge in [0.1, 0.15) is 12.4 Å². The van der Waals surface area contributed by atoms with Crippen LogP contribution >= 0.6 is 0 Å². The van der Waals surface area contributed by atoms with Crippen molar-refractivity contribution in [3.05, 3.63) is 65.2 Å². The Morgan fingerprint density at radius 2 is 1.70 bits per heavy atom. The highest BCUT2D eigenvalue weighted by Gasteiger charge is 2.26. The van der Waals surface area contributed by atoms with Crippen molar-refractivity contribution in [2.75, 3.05) is 26.2 Å². The lowest BCUT2D eigenvalue weighted by atomic mass is 10.1. The standard InChI is InChI=1S/C21H24N2O3S/c24-27(25,23-11-3-4-12-23)20-9-7-17(8-10-20)14-22-15-18-13-19-5-1-2-6-21(19)26-16-18/h1-2,5-10,13,22H,3-4,11-12,14-16H2. The van der Waals surface area contributed by atoms with Crippen molar-refractivity contribution in [3.63, 3.8) is 0 Å². The zero-order valence-corrected chi connectivity index (χ0v) is 16.0. The van der Waals surface area contributed by atoms with Gasteiger partial charge in [-0.1, -0.05) is 30.3 Å². The summed E-state index contributed by atoms with van der Waals surface area (Å²) in [7, 11) is -3.33. The van der Waals surface area contributed by atoms with Crippen molar-refractivity contribution in [2.45, 2.75) is 24.3 Å². The first-order chi connectivity index (χ1) is 13.1. The zero-order valence-electron chi connectivity index (χ0n) is 15.2. The lowest BCUT2D eigenvalue weighted by Gasteiger charge is -2.18. The molecule has 1 fully saturated rings. The van der Waals surface area contributed by atoms with Gasteiger partial charge in [0.25, 0.3) is 0 Å². The average molecular weight is 385 g/mol. The molecule has 2 aliphatic heterocycles. The molecule has 1 saturated heterocycles. The monoisotopic (exact) mass is 384 g/mol. The molecule has 4 rings (SSSR count). The molecule has 0 amide bonds. The number of rotatable bonds is 6. The Hall–Kier alpha value is -2.15. The maximum absolute atomic E-state index is 12.6. The third-order valence-electron chi connectivity index (χ3n) is 5.00. The Morgan fingerprint density at radius 1 is 0.963 bits per heavy atom. The van der Waals surface area contributed by atoms with Gasteiger partial charge in [0.15, 0.2) is 0 Å². The maximum Gasteiger partial charge on any atom is 0.243 e. The van der Waals surface area contributed by atoms with Crippen LogP contribution in [0.4, 0.5) is 0 Å². The van der Waals surface area contributed by atoms with Gasteiger partial charge < -0.3 is 10.1 Å². The molecule has 5 nitrogen and oxygen atoms in total. The molecular weight excluding hydrogens is 360 g/mol. The quantitative estimate of drug-likeness (QED) is 0.832. The first kappa shape index (κ1) is 18.2. The third-order valence-corrected chi connectivity index (χ3v) is 6.91. The van der Waals surface area contributed by atoms with Crippen LogP contribution in [0.15, 0.2) is 59.0 Å². The van der Waals surface area contributed by atoms with E-state index in [0.29, 0.717) is 31.1 Å². The zero-order chi connectivity index (χ0) is 18.7. The maximum atomic E-state index is 12.6. The Bertz CT molecular complexity index is 930. The summed E-state index contributed by atoms with van der Waals surface area (Å²) in [6.45, 7) is 3.28. The molecule has 142 valence electrons. The molecule has 0 spiro atoms. The number of hydrogen-bond acceptors (Lipinski definition) is 4. The van der Waals surface area contributed by atoms with Crippen LogP contribution in [0.3, 0.4) is 0 Å². The molecule has 1 N–H and O–H groups in total. The summed E-state index contributed by atoms with van der Waals surface area (Å²) < 4.78 is 32.4. The molecule has 2 aliphatic rings. The molecule has 0 aromatic heterocycles. The molecule has 2 aromatic rings. The molecule has 0 radical (unpaired) electrons. The molecule has 0 atom stereocenters. The van der Waals surface area contributed by atoms with Crippen LogP contribution in [0, 0.1) is 0 Å². The minimum Gasteiger partial charge on any atom is -0.489 e. The van der Waals surface area contributed by atoms with E-state index in [1.54, 1.807) is 16.4 Å². The highest BCUT2D eigenvalue weighted by Crippen LogP contribution is 2.25. The summed E-state index contributed by atoms with van der Waals surface area (Å²) in [6.07, 6.45) is 4.06. The number of sulfonamides is 1. The van der Waals surface area contributed by atoms with E-state index in [1.807, 2.05) is 36.4 Å². The molecule has 0 saturated carbocycles. The van der Waals surface area contributed by atoms with E-state index in [0.717, 1.165) is 36.3 Å². The fourth-order valence-electron chi connectivity index (χ4n) is 3.49. The van der Waals surface area contributed by atoms with Gasteiger partial charge in [-0.2, -0.15) is 4.31 Å². The summed E-state index contributed by atoms with van der Waals surface area (Å²) in [5.41, 5.74) is 3.37. The second-order valence-corrected chi connectivity index (χ2v) is 8.93. The van der Waals surface area contributed by atoms with Crippen LogP contribution in [0.1, 0.15) is 24.0 Å². The van der Waals surface area contributed by atoms with Crippen LogP contribution in [0.25, 0.3) is 6.08 Å². The SMILES string of the molecule is O=S(=O)(c1ccc(CNCC2=Cc3ccccc3OC2)cc1)N1CCCC1. The largest absolute Gasteiger partial charge is 0.489 e. The Balaban J connectivity index is 1.34. The van der Waals surface area contributed by atoms with Crippen molar-refractivity contribution in [2.24, 2.45) is 0 Å². The highest BCUT2D eigenvalue weighted by molar-refractivity contribution is 7.89. The summed E-state index contributed by atoms with van der Waals surface area (Å²) in [5.74, 6) is 0.927. The topological polar surface area (TPSA) is 58.6 Å². The van der Waals surface area contributed by atoms with Gasteiger partial charge in [-0.05, 0) is 48.3 Å². The van der Waals surface area contributed by atoms with E-state index in [4.69, 9.17) is 4.74 Å². The normalized spacial score (nSPS) is 17.3. The minimum atomic E-state index is -3.33. The fourth-order valence-corrected chi connectivity index (χ4v) is 5.01. The Labute approximate surface area is 160 Å². The summed E-state index contributed by atoms with van der Waals surface area (Å²) in [5, 5.41) is 3.41. The summed E-state index contributed by atoms with van der Waals surface area (Å²) >= 11 is 0. The number of para-hydroxylation sites is 1. The molecule has 0 aliphatic carbocycles. The van der Waals surface area contributed by atoms with Gasteiger partial charge in [-0.3, -0.25) is 0 Å². The van der Waals surface area contributed by atoms with Gasteiger partial charge in [0.05, 0.1) is 4.90 Å². The van der Waals surface area contributed by atoms with Crippen LogP contribution in [0.2, 0.25) is 0 Å². The number of ether oxygens (including phenoxy) is 1. The van der Waals surface area contributed by atoms with Crippen molar-refractivity contribution >= 4 is 16.1 Å². The first-order valence-corrected chi connectivity index (χ1v) is 10.8. The second kappa shape index (κ2) is 7.84. The van der Waals surface area contributed by atoms with E-state index in [1.165, 1.54) is 5.57 Å². The van der Waals surface area contributed by atoms with Gasteiger partial charge in [0.2, 0.25) is 10.0 Å². The minimum absolute atomic E-state index is 0.383. The molecule has 0 unspecified atom stereocenters. The molecule has 2 aromatic carbocycles. The fraction of sp³-hybridized carbons (Fsp3) is 0.333. The number of nitrogens with one attached hydrogen (secondary N) is 1. The predicted molar refractivity (Wildman–Crippen MR) is 106 cm³/mol. The van der Waals surface area contributed by atoms with Crippen LogP contribution in [-0.2, 0) is 16.6 Å². The lowest BCUT2D eigenvalue weighted by Crippen LogP contribution is -2.27. The highest BCUT2D eigenvalue weighted by atomic mass is 32.2. The Morgan fingerprint density at radius 3 is 2.48 bits per heavy atom. The smallest absolute Gasteiger partial charge is 0.243 e. The van der Waals surface area contributed by atoms with E-state index in [2.05, 4.69) is 11.4 Å². The van der Waals surface area contributed by atoms with Gasteiger partial charge >= 0.3 is 0 Å². The van der Waals surface area contributed by atoms with Gasteiger partial charge in [-0.15, -0.1) is 0 Å². The van der Waals surface area contributed by atoms with Crippen molar-refractivity contribution < 1.29 is 13.2 Å². The number of benzene rings is 2. The van der Waals surface area contributed by atoms with E-state index < -0.39 is 10.0 Å². The van der Waals surface area contributed by atoms with E-state index in [-0.39, 0.29) is 0 Å².